The van der Waals surface area contributed by atoms with Gasteiger partial charge in [-0.05, 0) is 24.3 Å². The lowest BCUT2D eigenvalue weighted by atomic mass is 10.1. The highest BCUT2D eigenvalue weighted by Crippen LogP contribution is 2.34. The molecule has 0 saturated heterocycles. The molecule has 0 aliphatic rings. The zero-order chi connectivity index (χ0) is 10.8. The Balaban J connectivity index is 2.81. The molecule has 76 valence electrons. The molecule has 4 nitrogen and oxygen atoms in total. The third-order valence-electron chi connectivity index (χ3n) is 1.52. The zero-order valence-electron chi connectivity index (χ0n) is 7.05. The van der Waals surface area contributed by atoms with Gasteiger partial charge in [0.05, 0.1) is 0 Å². The SMILES string of the molecule is O=C(CP(=O)(O)O)c1ccc(Cl)cc1. The van der Waals surface area contributed by atoms with Gasteiger partial charge >= 0.3 is 7.60 Å². The average Bonchev–Trinajstić information content (AvgIpc) is 2.02. The molecule has 0 aliphatic carbocycles. The quantitative estimate of drug-likeness (QED) is 0.617. The second-order valence-corrected chi connectivity index (χ2v) is 4.83. The second kappa shape index (κ2) is 4.24. The fourth-order valence-electron chi connectivity index (χ4n) is 0.914. The fraction of sp³-hybridized carbons (Fsp3) is 0.125. The second-order valence-electron chi connectivity index (χ2n) is 2.75. The van der Waals surface area contributed by atoms with Gasteiger partial charge in [-0.2, -0.15) is 0 Å². The molecule has 0 unspecified atom stereocenters. The van der Waals surface area contributed by atoms with E-state index in [9.17, 15) is 9.36 Å². The van der Waals surface area contributed by atoms with E-state index in [-0.39, 0.29) is 5.56 Å². The predicted molar refractivity (Wildman–Crippen MR) is 52.7 cm³/mol. The largest absolute Gasteiger partial charge is 0.333 e. The van der Waals surface area contributed by atoms with Gasteiger partial charge in [-0.15, -0.1) is 0 Å². The standard InChI is InChI=1S/C8H8ClO4P/c9-7-3-1-6(2-4-7)8(10)5-14(11,12)13/h1-4H,5H2,(H2,11,12,13). The molecule has 1 rings (SSSR count). The molecule has 2 N–H and O–H groups in total. The number of hydrogen-bond donors (Lipinski definition) is 2. The summed E-state index contributed by atoms with van der Waals surface area (Å²) in [6.45, 7) is 0. The van der Waals surface area contributed by atoms with Crippen LogP contribution in [0.4, 0.5) is 0 Å². The van der Waals surface area contributed by atoms with Crippen LogP contribution in [-0.2, 0) is 4.57 Å². The first-order valence-electron chi connectivity index (χ1n) is 3.72. The minimum atomic E-state index is -4.28. The predicted octanol–water partition coefficient (Wildman–Crippen LogP) is 1.70. The topological polar surface area (TPSA) is 74.6 Å². The van der Waals surface area contributed by atoms with Crippen molar-refractivity contribution in [1.82, 2.24) is 0 Å². The Hall–Kier alpha value is -0.670. The third kappa shape index (κ3) is 3.60. The maximum absolute atomic E-state index is 11.2. The number of ketones is 1. The van der Waals surface area contributed by atoms with Crippen LogP contribution < -0.4 is 0 Å². The Morgan fingerprint density at radius 3 is 2.21 bits per heavy atom. The summed E-state index contributed by atoms with van der Waals surface area (Å²) in [7, 11) is -4.28. The molecule has 0 atom stereocenters. The summed E-state index contributed by atoms with van der Waals surface area (Å²) in [6, 6.07) is 5.85. The summed E-state index contributed by atoms with van der Waals surface area (Å²) in [5.74, 6) is -0.588. The van der Waals surface area contributed by atoms with Crippen LogP contribution in [-0.4, -0.2) is 21.7 Å². The number of carbonyl (C=O) groups is 1. The van der Waals surface area contributed by atoms with Gasteiger partial charge in [0.1, 0.15) is 6.16 Å². The monoisotopic (exact) mass is 234 g/mol. The van der Waals surface area contributed by atoms with E-state index in [0.29, 0.717) is 5.02 Å². The maximum Gasteiger partial charge on any atom is 0.333 e. The lowest BCUT2D eigenvalue weighted by Crippen LogP contribution is -2.05. The number of halogens is 1. The highest BCUT2D eigenvalue weighted by atomic mass is 35.5. The van der Waals surface area contributed by atoms with Crippen molar-refractivity contribution in [2.75, 3.05) is 6.16 Å². The van der Waals surface area contributed by atoms with E-state index in [2.05, 4.69) is 0 Å². The number of Topliss-reactive ketones (excluding diaryl/α,β-unsaturated/α-hetero) is 1. The molecule has 0 heterocycles. The van der Waals surface area contributed by atoms with Gasteiger partial charge in [0, 0.05) is 10.6 Å². The van der Waals surface area contributed by atoms with Crippen LogP contribution in [0.15, 0.2) is 24.3 Å². The molecule has 0 spiro atoms. The molecule has 0 radical (unpaired) electrons. The minimum Gasteiger partial charge on any atom is -0.324 e. The van der Waals surface area contributed by atoms with E-state index >= 15 is 0 Å². The molecule has 0 amide bonds. The van der Waals surface area contributed by atoms with E-state index < -0.39 is 19.5 Å². The first kappa shape index (κ1) is 11.4. The Morgan fingerprint density at radius 2 is 1.79 bits per heavy atom. The van der Waals surface area contributed by atoms with E-state index in [1.165, 1.54) is 24.3 Å². The molecular weight excluding hydrogens is 227 g/mol. The lowest BCUT2D eigenvalue weighted by molar-refractivity contribution is 0.101. The fourth-order valence-corrected chi connectivity index (χ4v) is 1.60. The van der Waals surface area contributed by atoms with Crippen molar-refractivity contribution >= 4 is 25.0 Å². The smallest absolute Gasteiger partial charge is 0.324 e. The van der Waals surface area contributed by atoms with Crippen LogP contribution in [0.5, 0.6) is 0 Å². The van der Waals surface area contributed by atoms with Gasteiger partial charge in [0.15, 0.2) is 5.78 Å². The van der Waals surface area contributed by atoms with Crippen LogP contribution in [0.1, 0.15) is 10.4 Å². The van der Waals surface area contributed by atoms with E-state index in [1.807, 2.05) is 0 Å². The normalized spacial score (nSPS) is 11.4. The van der Waals surface area contributed by atoms with Gasteiger partial charge in [-0.3, -0.25) is 9.36 Å². The van der Waals surface area contributed by atoms with Crippen molar-refractivity contribution < 1.29 is 19.1 Å². The van der Waals surface area contributed by atoms with Crippen molar-refractivity contribution in [3.05, 3.63) is 34.9 Å². The summed E-state index contributed by atoms with van der Waals surface area (Å²) in [6.07, 6.45) is -0.769. The summed E-state index contributed by atoms with van der Waals surface area (Å²) in [5, 5.41) is 0.470. The molecular formula is C8H8ClO4P. The van der Waals surface area contributed by atoms with Gasteiger partial charge in [-0.1, -0.05) is 11.6 Å². The summed E-state index contributed by atoms with van der Waals surface area (Å²) >= 11 is 5.58. The molecule has 14 heavy (non-hydrogen) atoms. The molecule has 0 aromatic heterocycles. The first-order valence-corrected chi connectivity index (χ1v) is 5.89. The van der Waals surface area contributed by atoms with Crippen molar-refractivity contribution in [1.29, 1.82) is 0 Å². The highest BCUT2D eigenvalue weighted by molar-refractivity contribution is 7.52. The van der Waals surface area contributed by atoms with Crippen LogP contribution >= 0.6 is 19.2 Å². The number of benzene rings is 1. The van der Waals surface area contributed by atoms with Gasteiger partial charge < -0.3 is 9.79 Å². The molecule has 6 heteroatoms. The minimum absolute atomic E-state index is 0.248. The van der Waals surface area contributed by atoms with Crippen molar-refractivity contribution in [3.63, 3.8) is 0 Å². The van der Waals surface area contributed by atoms with Gasteiger partial charge in [0.25, 0.3) is 0 Å². The first-order chi connectivity index (χ1) is 6.38. The van der Waals surface area contributed by atoms with Gasteiger partial charge in [0.2, 0.25) is 0 Å². The van der Waals surface area contributed by atoms with Crippen LogP contribution in [0, 0.1) is 0 Å². The van der Waals surface area contributed by atoms with E-state index in [0.717, 1.165) is 0 Å². The highest BCUT2D eigenvalue weighted by Gasteiger charge is 2.19. The lowest BCUT2D eigenvalue weighted by Gasteiger charge is -2.02. The summed E-state index contributed by atoms with van der Waals surface area (Å²) in [4.78, 5) is 28.4. The van der Waals surface area contributed by atoms with Gasteiger partial charge in [-0.25, -0.2) is 0 Å². The Bertz CT molecular complexity index is 381. The summed E-state index contributed by atoms with van der Waals surface area (Å²) < 4.78 is 10.5. The maximum atomic E-state index is 11.2. The molecule has 0 fully saturated rings. The molecule has 0 aliphatic heterocycles. The van der Waals surface area contributed by atoms with E-state index in [1.54, 1.807) is 0 Å². The van der Waals surface area contributed by atoms with Crippen molar-refractivity contribution in [3.8, 4) is 0 Å². The third-order valence-corrected chi connectivity index (χ3v) is 2.47. The molecule has 0 bridgehead atoms. The van der Waals surface area contributed by atoms with Crippen LogP contribution in [0.2, 0.25) is 5.02 Å². The zero-order valence-corrected chi connectivity index (χ0v) is 8.70. The molecule has 1 aromatic rings. The Morgan fingerprint density at radius 1 is 1.29 bits per heavy atom. The number of carbonyl (C=O) groups excluding carboxylic acids is 1. The number of hydrogen-bond acceptors (Lipinski definition) is 2. The Labute approximate surface area is 85.7 Å². The molecule has 1 aromatic carbocycles. The molecule has 0 saturated carbocycles. The van der Waals surface area contributed by atoms with Crippen LogP contribution in [0.3, 0.4) is 0 Å². The number of rotatable bonds is 3. The van der Waals surface area contributed by atoms with Crippen molar-refractivity contribution in [2.24, 2.45) is 0 Å². The van der Waals surface area contributed by atoms with Crippen LogP contribution in [0.25, 0.3) is 0 Å². The van der Waals surface area contributed by atoms with Crippen molar-refractivity contribution in [2.45, 2.75) is 0 Å². The average molecular weight is 235 g/mol. The Kier molecular flexibility index (Phi) is 3.45. The van der Waals surface area contributed by atoms with E-state index in [4.69, 9.17) is 21.4 Å². The summed E-state index contributed by atoms with van der Waals surface area (Å²) in [5.41, 5.74) is 0.248.